The standard InChI is InChI=1S/C24H22FN3O4/c1-3-32-24(30)21-14-20-19(12-13-27(20)17-10-8-16(25)9-11-17)28(21)15-23(29)26-18-6-4-5-7-22(18)31-2/h4-14H,3,15H2,1-2H3,(H,26,29). The van der Waals surface area contributed by atoms with Gasteiger partial charge in [-0.1, -0.05) is 12.1 Å². The highest BCUT2D eigenvalue weighted by molar-refractivity contribution is 5.98. The summed E-state index contributed by atoms with van der Waals surface area (Å²) in [6.07, 6.45) is 1.81. The summed E-state index contributed by atoms with van der Waals surface area (Å²) < 4.78 is 27.3. The molecule has 4 rings (SSSR count). The first-order valence-electron chi connectivity index (χ1n) is 10.1. The molecule has 1 N–H and O–H groups in total. The van der Waals surface area contributed by atoms with Gasteiger partial charge in [-0.25, -0.2) is 9.18 Å². The third kappa shape index (κ3) is 4.07. The molecule has 1 amide bonds. The Balaban J connectivity index is 1.71. The predicted octanol–water partition coefficient (Wildman–Crippen LogP) is 4.40. The van der Waals surface area contributed by atoms with Crippen LogP contribution in [0.15, 0.2) is 66.9 Å². The van der Waals surface area contributed by atoms with E-state index in [1.165, 1.54) is 19.2 Å². The van der Waals surface area contributed by atoms with Crippen molar-refractivity contribution >= 4 is 28.6 Å². The molecule has 2 aromatic carbocycles. The van der Waals surface area contributed by atoms with Crippen LogP contribution in [0.4, 0.5) is 10.1 Å². The molecule has 0 spiro atoms. The quantitative estimate of drug-likeness (QED) is 0.437. The highest BCUT2D eigenvalue weighted by Gasteiger charge is 2.21. The molecule has 0 aliphatic heterocycles. The highest BCUT2D eigenvalue weighted by atomic mass is 19.1. The van der Waals surface area contributed by atoms with Crippen molar-refractivity contribution in [3.8, 4) is 11.4 Å². The number of aromatic nitrogens is 2. The summed E-state index contributed by atoms with van der Waals surface area (Å²) in [4.78, 5) is 25.5. The number of rotatable bonds is 7. The number of nitrogens with zero attached hydrogens (tertiary/aromatic N) is 2. The van der Waals surface area contributed by atoms with Crippen LogP contribution in [0.25, 0.3) is 16.7 Å². The van der Waals surface area contributed by atoms with Gasteiger partial charge in [0.05, 0.1) is 30.4 Å². The largest absolute Gasteiger partial charge is 0.495 e. The first kappa shape index (κ1) is 21.2. The molecule has 0 radical (unpaired) electrons. The molecule has 0 unspecified atom stereocenters. The summed E-state index contributed by atoms with van der Waals surface area (Å²) in [6, 6.07) is 16.6. The van der Waals surface area contributed by atoms with E-state index in [4.69, 9.17) is 9.47 Å². The van der Waals surface area contributed by atoms with Crippen LogP contribution >= 0.6 is 0 Å². The molecule has 2 aromatic heterocycles. The minimum absolute atomic E-state index is 0.108. The lowest BCUT2D eigenvalue weighted by Gasteiger charge is -2.12. The third-order valence-electron chi connectivity index (χ3n) is 5.03. The molecule has 0 aliphatic rings. The Kier molecular flexibility index (Phi) is 5.93. The van der Waals surface area contributed by atoms with E-state index in [9.17, 15) is 14.0 Å². The summed E-state index contributed by atoms with van der Waals surface area (Å²) in [5.74, 6) is -0.659. The number of fused-ring (bicyclic) bond motifs is 1. The summed E-state index contributed by atoms with van der Waals surface area (Å²) >= 11 is 0. The smallest absolute Gasteiger partial charge is 0.355 e. The van der Waals surface area contributed by atoms with Gasteiger partial charge < -0.3 is 23.9 Å². The van der Waals surface area contributed by atoms with E-state index < -0.39 is 5.97 Å². The Morgan fingerprint density at radius 3 is 2.50 bits per heavy atom. The van der Waals surface area contributed by atoms with E-state index >= 15 is 0 Å². The summed E-state index contributed by atoms with van der Waals surface area (Å²) in [5.41, 5.74) is 2.89. The zero-order chi connectivity index (χ0) is 22.7. The second-order valence-corrected chi connectivity index (χ2v) is 7.02. The predicted molar refractivity (Wildman–Crippen MR) is 119 cm³/mol. The number of ether oxygens (including phenoxy) is 2. The zero-order valence-electron chi connectivity index (χ0n) is 17.7. The van der Waals surface area contributed by atoms with Gasteiger partial charge in [-0.3, -0.25) is 4.79 Å². The van der Waals surface area contributed by atoms with Crippen LogP contribution < -0.4 is 10.1 Å². The Morgan fingerprint density at radius 2 is 1.78 bits per heavy atom. The number of amides is 1. The van der Waals surface area contributed by atoms with Crippen LogP contribution in [0.1, 0.15) is 17.4 Å². The van der Waals surface area contributed by atoms with Crippen LogP contribution in [0, 0.1) is 5.82 Å². The van der Waals surface area contributed by atoms with Crippen LogP contribution in [0.3, 0.4) is 0 Å². The van der Waals surface area contributed by atoms with Gasteiger partial charge in [0.25, 0.3) is 0 Å². The zero-order valence-corrected chi connectivity index (χ0v) is 17.7. The molecule has 2 heterocycles. The number of hydrogen-bond donors (Lipinski definition) is 1. The van der Waals surface area contributed by atoms with Crippen LogP contribution in [0.2, 0.25) is 0 Å². The molecular weight excluding hydrogens is 413 g/mol. The molecule has 4 aromatic rings. The van der Waals surface area contributed by atoms with E-state index in [-0.39, 0.29) is 30.6 Å². The van der Waals surface area contributed by atoms with Crippen molar-refractivity contribution in [1.29, 1.82) is 0 Å². The molecule has 0 fully saturated rings. The maximum Gasteiger partial charge on any atom is 0.355 e. The van der Waals surface area contributed by atoms with Crippen molar-refractivity contribution < 1.29 is 23.5 Å². The van der Waals surface area contributed by atoms with Crippen molar-refractivity contribution in [2.75, 3.05) is 19.0 Å². The lowest BCUT2D eigenvalue weighted by molar-refractivity contribution is -0.116. The number of hydrogen-bond acceptors (Lipinski definition) is 4. The molecule has 164 valence electrons. The van der Waals surface area contributed by atoms with Gasteiger partial charge in [0.2, 0.25) is 5.91 Å². The Labute approximate surface area is 184 Å². The molecule has 0 saturated heterocycles. The van der Waals surface area contributed by atoms with Gasteiger partial charge in [-0.2, -0.15) is 0 Å². The molecule has 0 bridgehead atoms. The Bertz CT molecular complexity index is 1270. The average Bonchev–Trinajstić information content (AvgIpc) is 3.35. The van der Waals surface area contributed by atoms with Gasteiger partial charge in [0.1, 0.15) is 23.8 Å². The van der Waals surface area contributed by atoms with Crippen LogP contribution in [-0.4, -0.2) is 34.7 Å². The van der Waals surface area contributed by atoms with E-state index in [1.807, 2.05) is 10.8 Å². The number of halogens is 1. The first-order valence-corrected chi connectivity index (χ1v) is 10.1. The number of carbonyl (C=O) groups is 2. The van der Waals surface area contributed by atoms with Crippen LogP contribution in [-0.2, 0) is 16.1 Å². The minimum atomic E-state index is -0.528. The number of methoxy groups -OCH3 is 1. The van der Waals surface area contributed by atoms with Crippen molar-refractivity contribution in [2.45, 2.75) is 13.5 Å². The van der Waals surface area contributed by atoms with Crippen molar-refractivity contribution in [3.63, 3.8) is 0 Å². The second kappa shape index (κ2) is 8.97. The summed E-state index contributed by atoms with van der Waals surface area (Å²) in [7, 11) is 1.53. The van der Waals surface area contributed by atoms with Crippen molar-refractivity contribution in [1.82, 2.24) is 9.13 Å². The molecule has 32 heavy (non-hydrogen) atoms. The fourth-order valence-corrected chi connectivity index (χ4v) is 3.60. The number of benzene rings is 2. The number of nitrogens with one attached hydrogen (secondary N) is 1. The van der Waals surface area contributed by atoms with Crippen molar-refractivity contribution in [3.05, 3.63) is 78.4 Å². The lowest BCUT2D eigenvalue weighted by Crippen LogP contribution is -2.22. The molecule has 8 heteroatoms. The minimum Gasteiger partial charge on any atom is -0.495 e. The Hall–Kier alpha value is -4.07. The molecule has 0 saturated carbocycles. The number of anilines is 1. The highest BCUT2D eigenvalue weighted by Crippen LogP contribution is 2.27. The maximum absolute atomic E-state index is 13.3. The van der Waals surface area contributed by atoms with Crippen LogP contribution in [0.5, 0.6) is 5.75 Å². The number of para-hydroxylation sites is 2. The summed E-state index contributed by atoms with van der Waals surface area (Å²) in [6.45, 7) is 1.82. The normalized spacial score (nSPS) is 10.8. The third-order valence-corrected chi connectivity index (χ3v) is 5.03. The molecular formula is C24H22FN3O4. The number of carbonyl (C=O) groups excluding carboxylic acids is 2. The molecule has 0 aliphatic carbocycles. The van der Waals surface area contributed by atoms with E-state index in [0.717, 1.165) is 5.69 Å². The van der Waals surface area contributed by atoms with Gasteiger partial charge in [0.15, 0.2) is 0 Å². The van der Waals surface area contributed by atoms with Crippen molar-refractivity contribution in [2.24, 2.45) is 0 Å². The van der Waals surface area contributed by atoms with E-state index in [1.54, 1.807) is 60.0 Å². The fourth-order valence-electron chi connectivity index (χ4n) is 3.60. The van der Waals surface area contributed by atoms with Gasteiger partial charge >= 0.3 is 5.97 Å². The number of esters is 1. The molecule has 7 nitrogen and oxygen atoms in total. The Morgan fingerprint density at radius 1 is 1.03 bits per heavy atom. The monoisotopic (exact) mass is 435 g/mol. The fraction of sp³-hybridized carbons (Fsp3) is 0.167. The average molecular weight is 435 g/mol. The van der Waals surface area contributed by atoms with Gasteiger partial charge in [0, 0.05) is 11.9 Å². The van der Waals surface area contributed by atoms with Gasteiger partial charge in [-0.05, 0) is 55.5 Å². The second-order valence-electron chi connectivity index (χ2n) is 7.02. The van der Waals surface area contributed by atoms with E-state index in [2.05, 4.69) is 5.32 Å². The van der Waals surface area contributed by atoms with E-state index in [0.29, 0.717) is 22.5 Å². The SMILES string of the molecule is CCOC(=O)c1cc2c(ccn2-c2ccc(F)cc2)n1CC(=O)Nc1ccccc1OC. The first-order chi connectivity index (χ1) is 15.5. The summed E-state index contributed by atoms with van der Waals surface area (Å²) in [5, 5.41) is 2.82. The van der Waals surface area contributed by atoms with Gasteiger partial charge in [-0.15, -0.1) is 0 Å². The topological polar surface area (TPSA) is 74.5 Å². The lowest BCUT2D eigenvalue weighted by atomic mass is 10.3. The molecule has 0 atom stereocenters. The maximum atomic E-state index is 13.3.